The first-order valence-electron chi connectivity index (χ1n) is 7.14. The summed E-state index contributed by atoms with van der Waals surface area (Å²) in [5.74, 6) is 0.132. The Morgan fingerprint density at radius 3 is 2.70 bits per heavy atom. The number of piperidine rings is 1. The number of halogens is 4. The average molecular weight is 371 g/mol. The molecule has 1 unspecified atom stereocenters. The van der Waals surface area contributed by atoms with Crippen molar-refractivity contribution in [3.05, 3.63) is 28.8 Å². The van der Waals surface area contributed by atoms with Crippen molar-refractivity contribution in [2.24, 2.45) is 5.92 Å². The van der Waals surface area contributed by atoms with E-state index < -0.39 is 26.7 Å². The highest BCUT2D eigenvalue weighted by atomic mass is 35.5. The van der Waals surface area contributed by atoms with Crippen molar-refractivity contribution in [3.8, 4) is 0 Å². The van der Waals surface area contributed by atoms with Crippen LogP contribution in [-0.4, -0.2) is 40.0 Å². The van der Waals surface area contributed by atoms with Gasteiger partial charge in [-0.1, -0.05) is 11.6 Å². The molecule has 1 aromatic rings. The van der Waals surface area contributed by atoms with Gasteiger partial charge in [0.2, 0.25) is 10.0 Å². The quantitative estimate of drug-likeness (QED) is 0.886. The number of hydrogen-bond donors (Lipinski definition) is 1. The van der Waals surface area contributed by atoms with Crippen LogP contribution < -0.4 is 4.72 Å². The number of alkyl halides is 3. The van der Waals surface area contributed by atoms with Gasteiger partial charge in [-0.25, -0.2) is 13.1 Å². The van der Waals surface area contributed by atoms with E-state index in [2.05, 4.69) is 9.62 Å². The van der Waals surface area contributed by atoms with Crippen LogP contribution in [0.4, 0.5) is 13.2 Å². The van der Waals surface area contributed by atoms with Crippen molar-refractivity contribution in [1.82, 2.24) is 9.62 Å². The maximum atomic E-state index is 12.7. The Morgan fingerprint density at radius 1 is 1.39 bits per heavy atom. The summed E-state index contributed by atoms with van der Waals surface area (Å²) in [5.41, 5.74) is -1.04. The molecule has 2 rings (SSSR count). The van der Waals surface area contributed by atoms with E-state index in [1.54, 1.807) is 0 Å². The van der Waals surface area contributed by atoms with Gasteiger partial charge in [-0.05, 0) is 50.6 Å². The molecule has 0 bridgehead atoms. The van der Waals surface area contributed by atoms with Crippen LogP contribution in [0.5, 0.6) is 0 Å². The van der Waals surface area contributed by atoms with Crippen molar-refractivity contribution in [2.75, 3.05) is 26.7 Å². The summed E-state index contributed by atoms with van der Waals surface area (Å²) in [5, 5.41) is -0.230. The molecule has 1 saturated heterocycles. The van der Waals surface area contributed by atoms with E-state index in [9.17, 15) is 21.6 Å². The predicted octanol–water partition coefficient (Wildman–Crippen LogP) is 2.98. The van der Waals surface area contributed by atoms with Crippen LogP contribution in [-0.2, 0) is 16.2 Å². The molecule has 0 saturated carbocycles. The van der Waals surface area contributed by atoms with Crippen molar-refractivity contribution in [1.29, 1.82) is 0 Å². The van der Waals surface area contributed by atoms with Gasteiger partial charge in [0, 0.05) is 13.1 Å². The second-order valence-corrected chi connectivity index (χ2v) is 7.91. The fourth-order valence-electron chi connectivity index (χ4n) is 2.63. The van der Waals surface area contributed by atoms with E-state index in [0.29, 0.717) is 6.07 Å². The molecule has 1 fully saturated rings. The van der Waals surface area contributed by atoms with Gasteiger partial charge in [-0.15, -0.1) is 0 Å². The topological polar surface area (TPSA) is 49.4 Å². The average Bonchev–Trinajstić information content (AvgIpc) is 2.44. The molecule has 0 aromatic heterocycles. The summed E-state index contributed by atoms with van der Waals surface area (Å²) in [4.78, 5) is 1.55. The minimum atomic E-state index is -4.62. The molecule has 1 aromatic carbocycles. The van der Waals surface area contributed by atoms with E-state index in [4.69, 9.17) is 11.6 Å². The number of rotatable bonds is 4. The van der Waals surface area contributed by atoms with Gasteiger partial charge in [-0.3, -0.25) is 0 Å². The summed E-state index contributed by atoms with van der Waals surface area (Å²) >= 11 is 5.78. The number of benzene rings is 1. The molecule has 0 radical (unpaired) electrons. The molecular weight excluding hydrogens is 353 g/mol. The minimum absolute atomic E-state index is 0.132. The van der Waals surface area contributed by atoms with Crippen LogP contribution in [0.15, 0.2) is 23.1 Å². The fourth-order valence-corrected chi connectivity index (χ4v) is 4.27. The summed E-state index contributed by atoms with van der Waals surface area (Å²) < 4.78 is 65.2. The number of nitrogens with one attached hydrogen (secondary N) is 1. The first-order chi connectivity index (χ1) is 10.6. The Kier molecular flexibility index (Phi) is 5.60. The van der Waals surface area contributed by atoms with Crippen molar-refractivity contribution in [2.45, 2.75) is 23.9 Å². The van der Waals surface area contributed by atoms with Gasteiger partial charge in [0.1, 0.15) is 4.90 Å². The zero-order chi connectivity index (χ0) is 17.3. The molecule has 4 nitrogen and oxygen atoms in total. The Labute approximate surface area is 138 Å². The van der Waals surface area contributed by atoms with E-state index in [-0.39, 0.29) is 17.5 Å². The summed E-state index contributed by atoms with van der Waals surface area (Å²) in [6, 6.07) is 2.28. The Hall–Kier alpha value is -0.830. The Morgan fingerprint density at radius 2 is 2.09 bits per heavy atom. The van der Waals surface area contributed by atoms with Crippen LogP contribution in [0.1, 0.15) is 18.4 Å². The minimum Gasteiger partial charge on any atom is -0.306 e. The molecule has 0 spiro atoms. The molecule has 1 aliphatic rings. The van der Waals surface area contributed by atoms with Gasteiger partial charge in [-0.2, -0.15) is 13.2 Å². The van der Waals surface area contributed by atoms with E-state index in [1.165, 1.54) is 0 Å². The summed E-state index contributed by atoms with van der Waals surface area (Å²) in [6.45, 7) is 1.89. The van der Waals surface area contributed by atoms with Crippen molar-refractivity contribution in [3.63, 3.8) is 0 Å². The van der Waals surface area contributed by atoms with Crippen LogP contribution in [0.3, 0.4) is 0 Å². The lowest BCUT2D eigenvalue weighted by Crippen LogP contribution is -2.39. The number of sulfonamides is 1. The zero-order valence-corrected chi connectivity index (χ0v) is 14.1. The normalized spacial score (nSPS) is 20.7. The molecular formula is C14H18ClF3N2O2S. The van der Waals surface area contributed by atoms with Crippen LogP contribution in [0.25, 0.3) is 0 Å². The predicted molar refractivity (Wildman–Crippen MR) is 81.9 cm³/mol. The van der Waals surface area contributed by atoms with Gasteiger partial charge in [0.05, 0.1) is 10.6 Å². The Bertz CT molecular complexity index is 664. The third-order valence-corrected chi connectivity index (χ3v) is 5.74. The van der Waals surface area contributed by atoms with Gasteiger partial charge < -0.3 is 4.90 Å². The molecule has 1 atom stereocenters. The number of hydrogen-bond acceptors (Lipinski definition) is 3. The van der Waals surface area contributed by atoms with E-state index >= 15 is 0 Å². The highest BCUT2D eigenvalue weighted by molar-refractivity contribution is 7.89. The molecule has 130 valence electrons. The lowest BCUT2D eigenvalue weighted by molar-refractivity contribution is -0.137. The monoisotopic (exact) mass is 370 g/mol. The molecule has 1 heterocycles. The summed E-state index contributed by atoms with van der Waals surface area (Å²) in [7, 11) is -2.14. The third-order valence-electron chi connectivity index (χ3n) is 3.83. The molecule has 0 aliphatic carbocycles. The standard InChI is InChI=1S/C14H18ClF3N2O2S/c1-20-6-2-3-10(9-20)8-19-23(21,22)13-7-11(14(16,17)18)4-5-12(13)15/h4-5,7,10,19H,2-3,6,8-9H2,1H3. The highest BCUT2D eigenvalue weighted by Crippen LogP contribution is 2.33. The van der Waals surface area contributed by atoms with E-state index in [1.807, 2.05) is 7.05 Å². The fraction of sp³-hybridized carbons (Fsp3) is 0.571. The van der Waals surface area contributed by atoms with Crippen LogP contribution >= 0.6 is 11.6 Å². The Balaban J connectivity index is 2.16. The molecule has 23 heavy (non-hydrogen) atoms. The molecule has 1 N–H and O–H groups in total. The third kappa shape index (κ3) is 4.82. The number of likely N-dealkylation sites (tertiary alicyclic amines) is 1. The van der Waals surface area contributed by atoms with E-state index in [0.717, 1.165) is 38.1 Å². The first-order valence-corrected chi connectivity index (χ1v) is 9.00. The second-order valence-electron chi connectivity index (χ2n) is 5.77. The molecule has 1 aliphatic heterocycles. The van der Waals surface area contributed by atoms with Crippen LogP contribution in [0, 0.1) is 5.92 Å². The zero-order valence-electron chi connectivity index (χ0n) is 12.5. The second kappa shape index (κ2) is 6.96. The van der Waals surface area contributed by atoms with Gasteiger partial charge in [0.25, 0.3) is 0 Å². The smallest absolute Gasteiger partial charge is 0.306 e. The SMILES string of the molecule is CN1CCCC(CNS(=O)(=O)c2cc(C(F)(F)F)ccc2Cl)C1. The largest absolute Gasteiger partial charge is 0.416 e. The maximum absolute atomic E-state index is 12.7. The lowest BCUT2D eigenvalue weighted by Gasteiger charge is -2.29. The first kappa shape index (κ1) is 18.5. The molecule has 0 amide bonds. The summed E-state index contributed by atoms with van der Waals surface area (Å²) in [6.07, 6.45) is -2.78. The van der Waals surface area contributed by atoms with Crippen LogP contribution in [0.2, 0.25) is 5.02 Å². The van der Waals surface area contributed by atoms with Gasteiger partial charge in [0.15, 0.2) is 0 Å². The lowest BCUT2D eigenvalue weighted by atomic mass is 9.99. The van der Waals surface area contributed by atoms with Crippen molar-refractivity contribution < 1.29 is 21.6 Å². The van der Waals surface area contributed by atoms with Gasteiger partial charge >= 0.3 is 6.18 Å². The molecule has 9 heteroatoms. The maximum Gasteiger partial charge on any atom is 0.416 e. The van der Waals surface area contributed by atoms with Crippen molar-refractivity contribution >= 4 is 21.6 Å². The highest BCUT2D eigenvalue weighted by Gasteiger charge is 2.33. The number of nitrogens with zero attached hydrogens (tertiary/aromatic N) is 1.